The number of nitrogens with one attached hydrogen (secondary N) is 1. The first-order valence-electron chi connectivity index (χ1n) is 9.44. The number of nitrogens with zero attached hydrogens (tertiary/aromatic N) is 1. The zero-order valence-electron chi connectivity index (χ0n) is 17.2. The van der Waals surface area contributed by atoms with Gasteiger partial charge in [-0.2, -0.15) is 0 Å². The van der Waals surface area contributed by atoms with E-state index in [0.29, 0.717) is 40.8 Å². The highest BCUT2D eigenvalue weighted by Gasteiger charge is 2.17. The Morgan fingerprint density at radius 1 is 1.07 bits per heavy atom. The molecule has 2 aromatic carbocycles. The molecule has 0 aliphatic heterocycles. The molecule has 3 aromatic rings. The van der Waals surface area contributed by atoms with Crippen molar-refractivity contribution in [3.63, 3.8) is 0 Å². The molecule has 0 bridgehead atoms. The van der Waals surface area contributed by atoms with Gasteiger partial charge in [0.1, 0.15) is 22.8 Å². The number of hydrogen-bond donors (Lipinski definition) is 1. The monoisotopic (exact) mass is 408 g/mol. The van der Waals surface area contributed by atoms with Gasteiger partial charge in [-0.05, 0) is 44.3 Å². The van der Waals surface area contributed by atoms with Gasteiger partial charge in [0.05, 0.1) is 25.9 Å². The number of rotatable bonds is 8. The molecule has 3 rings (SSSR count). The van der Waals surface area contributed by atoms with E-state index in [0.717, 1.165) is 0 Å². The molecule has 7 nitrogen and oxygen atoms in total. The zero-order valence-corrected chi connectivity index (χ0v) is 17.2. The highest BCUT2D eigenvalue weighted by molar-refractivity contribution is 5.93. The summed E-state index contributed by atoms with van der Waals surface area (Å²) in [5.41, 5.74) is 0.971. The van der Waals surface area contributed by atoms with Crippen molar-refractivity contribution in [2.24, 2.45) is 0 Å². The quantitative estimate of drug-likeness (QED) is 0.562. The number of esters is 1. The summed E-state index contributed by atoms with van der Waals surface area (Å²) in [6.45, 7) is 2.20. The number of amides is 1. The summed E-state index contributed by atoms with van der Waals surface area (Å²) in [5.74, 6) is 1.67. The summed E-state index contributed by atoms with van der Waals surface area (Å²) < 4.78 is 16.2. The number of carbonyl (C=O) groups is 2. The van der Waals surface area contributed by atoms with Crippen LogP contribution in [0.4, 0.5) is 5.69 Å². The average Bonchev–Trinajstić information content (AvgIpc) is 3.09. The Morgan fingerprint density at radius 2 is 1.77 bits per heavy atom. The van der Waals surface area contributed by atoms with Gasteiger partial charge in [0.15, 0.2) is 5.75 Å². The number of aryl methyl sites for hydroxylation is 1. The largest absolute Gasteiger partial charge is 0.465 e. The third-order valence-electron chi connectivity index (χ3n) is 4.35. The van der Waals surface area contributed by atoms with Crippen molar-refractivity contribution in [3.8, 4) is 11.5 Å². The maximum absolute atomic E-state index is 12.5. The molecule has 156 valence electrons. The lowest BCUT2D eigenvalue weighted by Gasteiger charge is -2.16. The van der Waals surface area contributed by atoms with Gasteiger partial charge in [-0.25, -0.2) is 4.79 Å². The molecule has 0 aliphatic rings. The number of carbonyl (C=O) groups excluding carboxylic acids is 2. The van der Waals surface area contributed by atoms with Crippen molar-refractivity contribution >= 4 is 17.6 Å². The number of benzene rings is 2. The van der Waals surface area contributed by atoms with Crippen LogP contribution in [0.25, 0.3) is 0 Å². The van der Waals surface area contributed by atoms with E-state index in [1.54, 1.807) is 37.1 Å². The predicted molar refractivity (Wildman–Crippen MR) is 113 cm³/mol. The first-order valence-corrected chi connectivity index (χ1v) is 9.44. The Morgan fingerprint density at radius 3 is 2.50 bits per heavy atom. The number of anilines is 1. The minimum Gasteiger partial charge on any atom is -0.465 e. The number of para-hydroxylation sites is 3. The van der Waals surface area contributed by atoms with Crippen LogP contribution >= 0.6 is 0 Å². The van der Waals surface area contributed by atoms with E-state index >= 15 is 0 Å². The lowest BCUT2D eigenvalue weighted by Crippen LogP contribution is -2.29. The Balaban J connectivity index is 1.60. The molecule has 0 unspecified atom stereocenters. The first-order chi connectivity index (χ1) is 14.5. The van der Waals surface area contributed by atoms with Crippen LogP contribution in [0.15, 0.2) is 65.1 Å². The van der Waals surface area contributed by atoms with Crippen molar-refractivity contribution < 1.29 is 23.5 Å². The van der Waals surface area contributed by atoms with Crippen LogP contribution in [0.5, 0.6) is 11.5 Å². The average molecular weight is 408 g/mol. The van der Waals surface area contributed by atoms with Gasteiger partial charge in [-0.1, -0.05) is 30.3 Å². The van der Waals surface area contributed by atoms with Crippen LogP contribution in [0, 0.1) is 6.92 Å². The van der Waals surface area contributed by atoms with Gasteiger partial charge >= 0.3 is 5.97 Å². The molecule has 7 heteroatoms. The zero-order chi connectivity index (χ0) is 21.5. The van der Waals surface area contributed by atoms with E-state index < -0.39 is 5.97 Å². The molecule has 0 saturated heterocycles. The highest BCUT2D eigenvalue weighted by Crippen LogP contribution is 2.29. The predicted octanol–water partition coefficient (Wildman–Crippen LogP) is 4.24. The second-order valence-corrected chi connectivity index (χ2v) is 6.81. The smallest absolute Gasteiger partial charge is 0.341 e. The highest BCUT2D eigenvalue weighted by atomic mass is 16.5. The summed E-state index contributed by atoms with van der Waals surface area (Å²) in [5, 5.41) is 2.88. The summed E-state index contributed by atoms with van der Waals surface area (Å²) >= 11 is 0. The number of likely N-dealkylation sites (N-methyl/N-ethyl adjacent to an activating group) is 1. The van der Waals surface area contributed by atoms with Crippen LogP contribution in [-0.2, 0) is 16.1 Å². The standard InChI is InChI=1S/C23H24N2O5/c1-16-19(23(27)28-3)13-18(29-16)14-25(2)15-22(26)24-20-11-7-8-12-21(20)30-17-9-5-4-6-10-17/h4-13H,14-15H2,1-3H3,(H,24,26). The normalized spacial score (nSPS) is 10.7. The minimum absolute atomic E-state index is 0.132. The maximum atomic E-state index is 12.5. The fourth-order valence-electron chi connectivity index (χ4n) is 2.97. The third kappa shape index (κ3) is 5.48. The second kappa shape index (κ2) is 9.76. The maximum Gasteiger partial charge on any atom is 0.341 e. The molecule has 1 amide bonds. The van der Waals surface area contributed by atoms with Crippen molar-refractivity contribution in [1.29, 1.82) is 0 Å². The summed E-state index contributed by atoms with van der Waals surface area (Å²) in [6, 6.07) is 18.3. The van der Waals surface area contributed by atoms with Gasteiger partial charge in [-0.15, -0.1) is 0 Å². The Kier molecular flexibility index (Phi) is 6.87. The molecule has 1 N–H and O–H groups in total. The topological polar surface area (TPSA) is 81.0 Å². The molecule has 0 aliphatic carbocycles. The van der Waals surface area contributed by atoms with Crippen LogP contribution in [0.3, 0.4) is 0 Å². The van der Waals surface area contributed by atoms with Crippen LogP contribution in [0.2, 0.25) is 0 Å². The molecule has 0 atom stereocenters. The molecule has 0 radical (unpaired) electrons. The molecule has 1 heterocycles. The molecule has 0 fully saturated rings. The third-order valence-corrected chi connectivity index (χ3v) is 4.35. The Hall–Kier alpha value is -3.58. The van der Waals surface area contributed by atoms with E-state index in [9.17, 15) is 9.59 Å². The number of ether oxygens (including phenoxy) is 2. The van der Waals surface area contributed by atoms with Crippen LogP contribution in [-0.4, -0.2) is 37.5 Å². The van der Waals surface area contributed by atoms with Crippen molar-refractivity contribution in [1.82, 2.24) is 4.90 Å². The van der Waals surface area contributed by atoms with Gasteiger partial charge in [0.25, 0.3) is 0 Å². The lowest BCUT2D eigenvalue weighted by atomic mass is 10.2. The van der Waals surface area contributed by atoms with Crippen LogP contribution in [0.1, 0.15) is 21.9 Å². The van der Waals surface area contributed by atoms with E-state index in [1.807, 2.05) is 42.5 Å². The molecule has 1 aromatic heterocycles. The fraction of sp³-hybridized carbons (Fsp3) is 0.217. The van der Waals surface area contributed by atoms with Gasteiger partial charge < -0.3 is 19.2 Å². The first kappa shape index (κ1) is 21.1. The van der Waals surface area contributed by atoms with E-state index in [2.05, 4.69) is 5.32 Å². The summed E-state index contributed by atoms with van der Waals surface area (Å²) in [4.78, 5) is 26.0. The molecular weight excluding hydrogens is 384 g/mol. The van der Waals surface area contributed by atoms with E-state index in [-0.39, 0.29) is 12.5 Å². The Labute approximate surface area is 175 Å². The second-order valence-electron chi connectivity index (χ2n) is 6.81. The minimum atomic E-state index is -0.446. The van der Waals surface area contributed by atoms with Gasteiger partial charge in [0, 0.05) is 0 Å². The Bertz CT molecular complexity index is 1010. The van der Waals surface area contributed by atoms with Crippen molar-refractivity contribution in [2.75, 3.05) is 26.0 Å². The molecule has 0 saturated carbocycles. The molecular formula is C23H24N2O5. The lowest BCUT2D eigenvalue weighted by molar-refractivity contribution is -0.117. The summed E-state index contributed by atoms with van der Waals surface area (Å²) in [6.07, 6.45) is 0. The summed E-state index contributed by atoms with van der Waals surface area (Å²) in [7, 11) is 3.12. The fourth-order valence-corrected chi connectivity index (χ4v) is 2.97. The number of hydrogen-bond acceptors (Lipinski definition) is 6. The van der Waals surface area contributed by atoms with Crippen LogP contribution < -0.4 is 10.1 Å². The molecule has 0 spiro atoms. The van der Waals surface area contributed by atoms with E-state index in [4.69, 9.17) is 13.9 Å². The molecule has 30 heavy (non-hydrogen) atoms. The van der Waals surface area contributed by atoms with Gasteiger partial charge in [0.2, 0.25) is 5.91 Å². The number of methoxy groups -OCH3 is 1. The number of furan rings is 1. The van der Waals surface area contributed by atoms with Crippen molar-refractivity contribution in [3.05, 3.63) is 77.7 Å². The SMILES string of the molecule is COC(=O)c1cc(CN(C)CC(=O)Nc2ccccc2Oc2ccccc2)oc1C. The van der Waals surface area contributed by atoms with Gasteiger partial charge in [-0.3, -0.25) is 9.69 Å². The van der Waals surface area contributed by atoms with Crippen molar-refractivity contribution in [2.45, 2.75) is 13.5 Å². The van der Waals surface area contributed by atoms with E-state index in [1.165, 1.54) is 7.11 Å².